The van der Waals surface area contributed by atoms with Crippen LogP contribution in [0.4, 0.5) is 10.5 Å². The molecule has 1 amide bonds. The Morgan fingerprint density at radius 2 is 1.85 bits per heavy atom. The Morgan fingerprint density at radius 3 is 2.53 bits per heavy atom. The highest BCUT2D eigenvalue weighted by atomic mass is 127. The van der Waals surface area contributed by atoms with Gasteiger partial charge in [-0.05, 0) is 99.9 Å². The lowest BCUT2D eigenvalue weighted by Gasteiger charge is -2.38. The van der Waals surface area contributed by atoms with Crippen LogP contribution >= 0.6 is 22.6 Å². The highest BCUT2D eigenvalue weighted by Crippen LogP contribution is 2.42. The first kappa shape index (κ1) is 24.3. The number of halogens is 1. The van der Waals surface area contributed by atoms with Crippen LogP contribution in [-0.4, -0.2) is 32.5 Å². The van der Waals surface area contributed by atoms with E-state index in [-0.39, 0.29) is 23.3 Å². The summed E-state index contributed by atoms with van der Waals surface area (Å²) in [5.74, 6) is -0.355. The van der Waals surface area contributed by atoms with Crippen molar-refractivity contribution in [2.24, 2.45) is 0 Å². The quantitative estimate of drug-likeness (QED) is 0.385. The van der Waals surface area contributed by atoms with Crippen LogP contribution in [-0.2, 0) is 11.2 Å². The predicted molar refractivity (Wildman–Crippen MR) is 138 cm³/mol. The van der Waals surface area contributed by atoms with Gasteiger partial charge in [0.25, 0.3) is 5.91 Å². The summed E-state index contributed by atoms with van der Waals surface area (Å²) >= 11 is 2.10. The largest absolute Gasteiger partial charge is 0.507 e. The third-order valence-electron chi connectivity index (χ3n) is 5.91. The van der Waals surface area contributed by atoms with Gasteiger partial charge in [-0.1, -0.05) is 18.2 Å². The SMILES string of the molecule is Cc1nn(C(=O)OC(C)(C)C)c(C)c1C1CCc2ccccc2N1C(=O)c1ccc(I)cc1O. The normalized spacial score (nSPS) is 15.7. The minimum Gasteiger partial charge on any atom is -0.507 e. The van der Waals surface area contributed by atoms with Gasteiger partial charge in [0.2, 0.25) is 0 Å². The number of phenolic OH excluding ortho intramolecular Hbond substituents is 1. The van der Waals surface area contributed by atoms with E-state index < -0.39 is 11.7 Å². The molecule has 0 spiro atoms. The number of amides is 1. The zero-order valence-electron chi connectivity index (χ0n) is 19.9. The number of anilines is 1. The summed E-state index contributed by atoms with van der Waals surface area (Å²) in [6, 6.07) is 12.5. The van der Waals surface area contributed by atoms with Crippen molar-refractivity contribution in [2.75, 3.05) is 4.90 Å². The zero-order valence-corrected chi connectivity index (χ0v) is 22.1. The number of hydrogen-bond acceptors (Lipinski definition) is 5. The monoisotopic (exact) mass is 573 g/mol. The van der Waals surface area contributed by atoms with Crippen LogP contribution < -0.4 is 4.90 Å². The van der Waals surface area contributed by atoms with Gasteiger partial charge in [-0.2, -0.15) is 9.78 Å². The van der Waals surface area contributed by atoms with Gasteiger partial charge >= 0.3 is 6.09 Å². The van der Waals surface area contributed by atoms with Crippen LogP contribution in [0, 0.1) is 17.4 Å². The number of aromatic hydroxyl groups is 1. The molecule has 0 radical (unpaired) electrons. The Hall–Kier alpha value is -2.88. The molecule has 1 N–H and O–H groups in total. The summed E-state index contributed by atoms with van der Waals surface area (Å²) in [5.41, 5.74) is 3.56. The van der Waals surface area contributed by atoms with E-state index >= 15 is 0 Å². The van der Waals surface area contributed by atoms with Gasteiger partial charge in [0, 0.05) is 14.8 Å². The van der Waals surface area contributed by atoms with Crippen molar-refractivity contribution in [1.29, 1.82) is 0 Å². The van der Waals surface area contributed by atoms with Gasteiger partial charge in [0.1, 0.15) is 11.4 Å². The molecule has 178 valence electrons. The minimum absolute atomic E-state index is 0.0587. The molecule has 0 fully saturated rings. The molecule has 1 aliphatic rings. The summed E-state index contributed by atoms with van der Waals surface area (Å²) in [6.07, 6.45) is 0.888. The lowest BCUT2D eigenvalue weighted by Crippen LogP contribution is -2.39. The Labute approximate surface area is 212 Å². The Kier molecular flexibility index (Phi) is 6.46. The van der Waals surface area contributed by atoms with Crippen molar-refractivity contribution >= 4 is 40.3 Å². The van der Waals surface area contributed by atoms with Crippen molar-refractivity contribution in [3.05, 3.63) is 74.1 Å². The molecule has 34 heavy (non-hydrogen) atoms. The molecule has 2 heterocycles. The number of aromatic nitrogens is 2. The standard InChI is InChI=1S/C26H28IN3O4/c1-15-23(16(2)30(28-15)25(33)34-26(3,4)5)21-13-10-17-8-6-7-9-20(17)29(21)24(32)19-12-11-18(27)14-22(19)31/h6-9,11-12,14,21,31H,10,13H2,1-5H3. The van der Waals surface area contributed by atoms with Crippen LogP contribution in [0.5, 0.6) is 5.75 Å². The first-order valence-corrected chi connectivity index (χ1v) is 12.2. The molecule has 3 aromatic rings. The second kappa shape index (κ2) is 9.05. The Morgan fingerprint density at radius 1 is 1.15 bits per heavy atom. The molecule has 7 nitrogen and oxygen atoms in total. The third kappa shape index (κ3) is 4.55. The fourth-order valence-electron chi connectivity index (χ4n) is 4.51. The molecule has 0 saturated heterocycles. The number of rotatable bonds is 2. The highest BCUT2D eigenvalue weighted by Gasteiger charge is 2.37. The second-order valence-corrected chi connectivity index (χ2v) is 10.7. The average Bonchev–Trinajstić information content (AvgIpc) is 3.05. The molecule has 8 heteroatoms. The number of aryl methyl sites for hydroxylation is 2. The maximum atomic E-state index is 13.9. The molecule has 1 atom stereocenters. The molecule has 0 aliphatic carbocycles. The van der Waals surface area contributed by atoms with Crippen molar-refractivity contribution in [3.8, 4) is 5.75 Å². The van der Waals surface area contributed by atoms with Gasteiger partial charge in [-0.25, -0.2) is 4.79 Å². The van der Waals surface area contributed by atoms with E-state index in [0.717, 1.165) is 26.8 Å². The fraction of sp³-hybridized carbons (Fsp3) is 0.346. The highest BCUT2D eigenvalue weighted by molar-refractivity contribution is 14.1. The Bertz CT molecular complexity index is 1280. The molecule has 0 bridgehead atoms. The maximum absolute atomic E-state index is 13.9. The average molecular weight is 573 g/mol. The van der Waals surface area contributed by atoms with Crippen molar-refractivity contribution in [3.63, 3.8) is 0 Å². The summed E-state index contributed by atoms with van der Waals surface area (Å²) in [6.45, 7) is 9.09. The summed E-state index contributed by atoms with van der Waals surface area (Å²) in [5, 5.41) is 15.0. The van der Waals surface area contributed by atoms with Crippen LogP contribution in [0.3, 0.4) is 0 Å². The van der Waals surface area contributed by atoms with Gasteiger partial charge in [-0.3, -0.25) is 4.79 Å². The van der Waals surface area contributed by atoms with E-state index in [1.807, 2.05) is 58.9 Å². The maximum Gasteiger partial charge on any atom is 0.435 e. The number of carbonyl (C=O) groups excluding carboxylic acids is 2. The van der Waals surface area contributed by atoms with Gasteiger partial charge in [0.05, 0.1) is 23.0 Å². The van der Waals surface area contributed by atoms with Crippen molar-refractivity contribution in [2.45, 2.75) is 59.1 Å². The number of para-hydroxylation sites is 1. The van der Waals surface area contributed by atoms with Crippen molar-refractivity contribution < 1.29 is 19.4 Å². The second-order valence-electron chi connectivity index (χ2n) is 9.50. The van der Waals surface area contributed by atoms with E-state index in [0.29, 0.717) is 17.8 Å². The van der Waals surface area contributed by atoms with Crippen LogP contribution in [0.15, 0.2) is 42.5 Å². The first-order valence-electron chi connectivity index (χ1n) is 11.2. The van der Waals surface area contributed by atoms with E-state index in [4.69, 9.17) is 4.74 Å². The van der Waals surface area contributed by atoms with Gasteiger partial charge in [0.15, 0.2) is 0 Å². The van der Waals surface area contributed by atoms with Crippen molar-refractivity contribution in [1.82, 2.24) is 9.78 Å². The molecule has 0 saturated carbocycles. The van der Waals surface area contributed by atoms with Gasteiger partial charge in [-0.15, -0.1) is 0 Å². The van der Waals surface area contributed by atoms with E-state index in [1.165, 1.54) is 4.68 Å². The fourth-order valence-corrected chi connectivity index (χ4v) is 4.98. The molecule has 1 aromatic heterocycles. The smallest absolute Gasteiger partial charge is 0.435 e. The van der Waals surface area contributed by atoms with E-state index in [1.54, 1.807) is 23.1 Å². The summed E-state index contributed by atoms with van der Waals surface area (Å²) < 4.78 is 7.65. The molecule has 1 unspecified atom stereocenters. The molecular weight excluding hydrogens is 545 g/mol. The van der Waals surface area contributed by atoms with Gasteiger partial charge < -0.3 is 14.7 Å². The number of ether oxygens (including phenoxy) is 1. The minimum atomic E-state index is -0.655. The third-order valence-corrected chi connectivity index (χ3v) is 6.58. The Balaban J connectivity index is 1.83. The topological polar surface area (TPSA) is 84.7 Å². The number of nitrogens with zero attached hydrogens (tertiary/aromatic N) is 3. The van der Waals surface area contributed by atoms with Crippen LogP contribution in [0.2, 0.25) is 0 Å². The zero-order chi connectivity index (χ0) is 24.8. The summed E-state index contributed by atoms with van der Waals surface area (Å²) in [4.78, 5) is 28.4. The van der Waals surface area contributed by atoms with Crippen LogP contribution in [0.25, 0.3) is 0 Å². The molecule has 4 rings (SSSR count). The number of phenols is 1. The lowest BCUT2D eigenvalue weighted by molar-refractivity contribution is 0.0510. The number of carbonyl (C=O) groups is 2. The molecular formula is C26H28IN3O4. The van der Waals surface area contributed by atoms with Crippen LogP contribution in [0.1, 0.15) is 66.1 Å². The molecule has 1 aliphatic heterocycles. The predicted octanol–water partition coefficient (Wildman–Crippen LogP) is 5.93. The summed E-state index contributed by atoms with van der Waals surface area (Å²) in [7, 11) is 0. The molecule has 2 aromatic carbocycles. The first-order chi connectivity index (χ1) is 16.0. The number of hydrogen-bond donors (Lipinski definition) is 1. The van der Waals surface area contributed by atoms with E-state index in [2.05, 4.69) is 27.7 Å². The number of fused-ring (bicyclic) bond motifs is 1. The van der Waals surface area contributed by atoms with E-state index in [9.17, 15) is 14.7 Å². The lowest BCUT2D eigenvalue weighted by atomic mass is 9.89. The number of benzene rings is 2.